The van der Waals surface area contributed by atoms with E-state index in [0.29, 0.717) is 41.9 Å². The summed E-state index contributed by atoms with van der Waals surface area (Å²) in [4.78, 5) is 11.5. The molecule has 0 amide bonds. The molecule has 224 valence electrons. The molecule has 2 rings (SSSR count). The lowest BCUT2D eigenvalue weighted by molar-refractivity contribution is -0.242. The predicted octanol–water partition coefficient (Wildman–Crippen LogP) is 5.11. The van der Waals surface area contributed by atoms with Crippen molar-refractivity contribution in [1.29, 1.82) is 0 Å². The topological polar surface area (TPSA) is 126 Å². The highest BCUT2D eigenvalue weighted by atomic mass is 16.7. The quantitative estimate of drug-likeness (QED) is 0.183. The minimum atomic E-state index is -1.39. The van der Waals surface area contributed by atoms with Crippen LogP contribution in [0.5, 0.6) is 11.5 Å². The van der Waals surface area contributed by atoms with Crippen LogP contribution in [0.2, 0.25) is 0 Å². The van der Waals surface area contributed by atoms with E-state index in [0.717, 1.165) is 32.1 Å². The average molecular weight is 561 g/mol. The molecular weight excluding hydrogens is 512 g/mol. The van der Waals surface area contributed by atoms with Crippen LogP contribution >= 0.6 is 0 Å². The van der Waals surface area contributed by atoms with Crippen LogP contribution in [0.15, 0.2) is 41.0 Å². The lowest BCUT2D eigenvalue weighted by atomic mass is 9.99. The van der Waals surface area contributed by atoms with Crippen molar-refractivity contribution in [3.05, 3.63) is 57.7 Å². The fourth-order valence-corrected chi connectivity index (χ4v) is 4.44. The number of aliphatic hydroxyl groups excluding tert-OH is 3. The normalized spacial score (nSPS) is 22.4. The molecule has 0 spiro atoms. The average Bonchev–Trinajstić information content (AvgIpc) is 2.91. The standard InChI is InChI=1S/C32H48O8/c1-7-38-28(34)17-15-22(4)13-9-11-20(2)10-8-12-21(3)14-16-25-18-27(23(5)24(6)29(25)35)40-32-31(37)30(36)26(33)19-39-32/h10,13-14,18,26,30-33,35-37H,7-9,11-12,15-17,19H2,1-6H3/b20-10+,21-14+,22-13+/t26-,30+,31-,32+/m1/s1. The Morgan fingerprint density at radius 3 is 2.15 bits per heavy atom. The predicted molar refractivity (Wildman–Crippen MR) is 155 cm³/mol. The van der Waals surface area contributed by atoms with Crippen molar-refractivity contribution in [1.82, 2.24) is 0 Å². The molecule has 1 aromatic rings. The Kier molecular flexibility index (Phi) is 13.9. The Morgan fingerprint density at radius 2 is 1.52 bits per heavy atom. The Hall–Kier alpha value is -2.65. The van der Waals surface area contributed by atoms with E-state index < -0.39 is 24.6 Å². The van der Waals surface area contributed by atoms with Gasteiger partial charge >= 0.3 is 5.97 Å². The van der Waals surface area contributed by atoms with Crippen LogP contribution in [-0.4, -0.2) is 64.2 Å². The highest BCUT2D eigenvalue weighted by molar-refractivity contribution is 5.69. The van der Waals surface area contributed by atoms with Gasteiger partial charge in [0.15, 0.2) is 0 Å². The Bertz CT molecular complexity index is 1070. The van der Waals surface area contributed by atoms with Gasteiger partial charge < -0.3 is 34.6 Å². The van der Waals surface area contributed by atoms with Crippen LogP contribution in [0.25, 0.3) is 0 Å². The molecule has 1 saturated heterocycles. The summed E-state index contributed by atoms with van der Waals surface area (Å²) in [6.45, 7) is 12.0. The molecule has 4 N–H and O–H groups in total. The molecule has 1 heterocycles. The van der Waals surface area contributed by atoms with E-state index >= 15 is 0 Å². The number of hydrogen-bond donors (Lipinski definition) is 4. The second-order valence-electron chi connectivity index (χ2n) is 10.7. The van der Waals surface area contributed by atoms with Crippen LogP contribution < -0.4 is 4.74 Å². The van der Waals surface area contributed by atoms with Gasteiger partial charge in [-0.05, 0) is 97.3 Å². The van der Waals surface area contributed by atoms with Crippen molar-refractivity contribution in [3.63, 3.8) is 0 Å². The first-order chi connectivity index (χ1) is 18.9. The zero-order chi connectivity index (χ0) is 29.8. The maximum absolute atomic E-state index is 11.5. The Labute approximate surface area is 239 Å². The molecular formula is C32H48O8. The molecule has 1 aromatic carbocycles. The number of benzene rings is 1. The van der Waals surface area contributed by atoms with E-state index in [1.807, 2.05) is 13.8 Å². The summed E-state index contributed by atoms with van der Waals surface area (Å²) >= 11 is 0. The first-order valence-electron chi connectivity index (χ1n) is 14.2. The summed E-state index contributed by atoms with van der Waals surface area (Å²) in [5, 5.41) is 40.6. The van der Waals surface area contributed by atoms with Crippen LogP contribution in [-0.2, 0) is 20.7 Å². The molecule has 4 atom stereocenters. The zero-order valence-corrected chi connectivity index (χ0v) is 24.9. The molecule has 40 heavy (non-hydrogen) atoms. The largest absolute Gasteiger partial charge is 0.507 e. The number of esters is 1. The number of aromatic hydroxyl groups is 1. The summed E-state index contributed by atoms with van der Waals surface area (Å²) < 4.78 is 16.2. The number of carbonyl (C=O) groups excluding carboxylic acids is 1. The maximum atomic E-state index is 11.5. The van der Waals surface area contributed by atoms with Crippen LogP contribution in [0.1, 0.15) is 82.9 Å². The molecule has 8 nitrogen and oxygen atoms in total. The van der Waals surface area contributed by atoms with Gasteiger partial charge in [-0.2, -0.15) is 0 Å². The molecule has 8 heteroatoms. The number of allylic oxidation sites excluding steroid dienone is 6. The van der Waals surface area contributed by atoms with E-state index in [2.05, 4.69) is 39.0 Å². The summed E-state index contributed by atoms with van der Waals surface area (Å²) in [5.74, 6) is 0.510. The molecule has 0 radical (unpaired) electrons. The van der Waals surface area contributed by atoms with Gasteiger partial charge in [-0.25, -0.2) is 0 Å². The number of phenolic OH excluding ortho intramolecular Hbond substituents is 1. The molecule has 1 aliphatic heterocycles. The maximum Gasteiger partial charge on any atom is 0.306 e. The minimum absolute atomic E-state index is 0.144. The van der Waals surface area contributed by atoms with Crippen molar-refractivity contribution in [2.45, 2.75) is 111 Å². The first-order valence-corrected chi connectivity index (χ1v) is 14.2. The minimum Gasteiger partial charge on any atom is -0.507 e. The second-order valence-corrected chi connectivity index (χ2v) is 10.7. The van der Waals surface area contributed by atoms with Crippen LogP contribution in [0, 0.1) is 13.8 Å². The number of phenols is 1. The van der Waals surface area contributed by atoms with Crippen molar-refractivity contribution in [2.75, 3.05) is 13.2 Å². The fourth-order valence-electron chi connectivity index (χ4n) is 4.44. The van der Waals surface area contributed by atoms with E-state index in [1.165, 1.54) is 16.7 Å². The fraction of sp³-hybridized carbons (Fsp3) is 0.594. The number of hydrogen-bond acceptors (Lipinski definition) is 8. The lowest BCUT2D eigenvalue weighted by Gasteiger charge is -2.35. The lowest BCUT2D eigenvalue weighted by Crippen LogP contribution is -2.54. The Morgan fingerprint density at radius 1 is 0.925 bits per heavy atom. The SMILES string of the molecule is CCOC(=O)CC/C(C)=C/CC/C(C)=C/CC/C(C)=C/Cc1cc(O[C@@H]2OC[C@@H](O)[C@H](O)[C@H]2O)c(C)c(C)c1O. The third-order valence-corrected chi connectivity index (χ3v) is 7.36. The third kappa shape index (κ3) is 10.4. The van der Waals surface area contributed by atoms with Gasteiger partial charge in [-0.15, -0.1) is 0 Å². The molecule has 0 unspecified atom stereocenters. The summed E-state index contributed by atoms with van der Waals surface area (Å²) in [5.41, 5.74) is 5.83. The van der Waals surface area contributed by atoms with Crippen molar-refractivity contribution < 1.29 is 39.4 Å². The number of aliphatic hydroxyl groups is 3. The molecule has 0 aromatic heterocycles. The number of rotatable bonds is 14. The van der Waals surface area contributed by atoms with Gasteiger partial charge in [0.1, 0.15) is 29.8 Å². The van der Waals surface area contributed by atoms with Crippen molar-refractivity contribution >= 4 is 5.97 Å². The van der Waals surface area contributed by atoms with Crippen LogP contribution in [0.3, 0.4) is 0 Å². The third-order valence-electron chi connectivity index (χ3n) is 7.36. The number of ether oxygens (including phenoxy) is 3. The summed E-state index contributed by atoms with van der Waals surface area (Å²) in [6, 6.07) is 1.74. The van der Waals surface area contributed by atoms with Crippen molar-refractivity contribution in [2.24, 2.45) is 0 Å². The van der Waals surface area contributed by atoms with Gasteiger partial charge in [-0.3, -0.25) is 4.79 Å². The van der Waals surface area contributed by atoms with Crippen molar-refractivity contribution in [3.8, 4) is 11.5 Å². The van der Waals surface area contributed by atoms with E-state index in [9.17, 15) is 25.2 Å². The van der Waals surface area contributed by atoms with Gasteiger partial charge in [0.25, 0.3) is 0 Å². The Balaban J connectivity index is 1.89. The summed E-state index contributed by atoms with van der Waals surface area (Å²) in [7, 11) is 0. The highest BCUT2D eigenvalue weighted by Crippen LogP contribution is 2.35. The van der Waals surface area contributed by atoms with E-state index in [-0.39, 0.29) is 18.3 Å². The van der Waals surface area contributed by atoms with Gasteiger partial charge in [0, 0.05) is 12.0 Å². The molecule has 0 saturated carbocycles. The van der Waals surface area contributed by atoms with Crippen LogP contribution in [0.4, 0.5) is 0 Å². The van der Waals surface area contributed by atoms with Gasteiger partial charge in [0.05, 0.1) is 13.2 Å². The van der Waals surface area contributed by atoms with E-state index in [1.54, 1.807) is 13.0 Å². The van der Waals surface area contributed by atoms with Gasteiger partial charge in [-0.1, -0.05) is 34.9 Å². The zero-order valence-electron chi connectivity index (χ0n) is 24.9. The number of carbonyl (C=O) groups is 1. The van der Waals surface area contributed by atoms with E-state index in [4.69, 9.17) is 14.2 Å². The molecule has 1 aliphatic rings. The smallest absolute Gasteiger partial charge is 0.306 e. The molecule has 0 aliphatic carbocycles. The monoisotopic (exact) mass is 560 g/mol. The van der Waals surface area contributed by atoms with Gasteiger partial charge in [0.2, 0.25) is 6.29 Å². The first kappa shape index (κ1) is 33.6. The molecule has 1 fully saturated rings. The highest BCUT2D eigenvalue weighted by Gasteiger charge is 2.39. The summed E-state index contributed by atoms with van der Waals surface area (Å²) in [6.07, 6.45) is 6.96. The molecule has 0 bridgehead atoms. The second kappa shape index (κ2) is 16.6.